The quantitative estimate of drug-likeness (QED) is 0.786. The van der Waals surface area contributed by atoms with Crippen LogP contribution in [0.5, 0.6) is 0 Å². The van der Waals surface area contributed by atoms with Gasteiger partial charge in [0.1, 0.15) is 0 Å². The molecule has 0 saturated carbocycles. The highest BCUT2D eigenvalue weighted by Crippen LogP contribution is 2.31. The molecule has 3 rings (SSSR count). The average molecular weight is 260 g/mol. The van der Waals surface area contributed by atoms with E-state index in [-0.39, 0.29) is 6.04 Å². The Morgan fingerprint density at radius 1 is 1.32 bits per heavy atom. The van der Waals surface area contributed by atoms with Crippen molar-refractivity contribution in [2.75, 3.05) is 19.7 Å². The summed E-state index contributed by atoms with van der Waals surface area (Å²) in [6.07, 6.45) is 3.93. The third-order valence-corrected chi connectivity index (χ3v) is 4.52. The lowest BCUT2D eigenvalue weighted by molar-refractivity contribution is -0.0391. The monoisotopic (exact) mass is 260 g/mol. The minimum Gasteiger partial charge on any atom is -0.376 e. The second-order valence-corrected chi connectivity index (χ2v) is 5.86. The fraction of sp³-hybridized carbons (Fsp3) is 0.625. The molecule has 1 aromatic rings. The molecular formula is C16H24N2O. The van der Waals surface area contributed by atoms with E-state index in [0.717, 1.165) is 19.7 Å². The topological polar surface area (TPSA) is 38.5 Å². The van der Waals surface area contributed by atoms with E-state index < -0.39 is 0 Å². The summed E-state index contributed by atoms with van der Waals surface area (Å²) < 4.78 is 5.65. The van der Waals surface area contributed by atoms with E-state index >= 15 is 0 Å². The van der Waals surface area contributed by atoms with E-state index in [1.165, 1.54) is 30.4 Å². The summed E-state index contributed by atoms with van der Waals surface area (Å²) in [5.74, 6) is 0. The van der Waals surface area contributed by atoms with Crippen molar-refractivity contribution in [2.45, 2.75) is 44.4 Å². The number of ether oxygens (including phenoxy) is 1. The Bertz CT molecular complexity index is 435. The summed E-state index contributed by atoms with van der Waals surface area (Å²) in [4.78, 5) is 2.54. The molecule has 1 aromatic carbocycles. The van der Waals surface area contributed by atoms with E-state index in [4.69, 9.17) is 10.5 Å². The second-order valence-electron chi connectivity index (χ2n) is 5.86. The van der Waals surface area contributed by atoms with Crippen molar-refractivity contribution >= 4 is 0 Å². The predicted octanol–water partition coefficient (Wildman–Crippen LogP) is 2.11. The number of nitrogens with zero attached hydrogens (tertiary/aromatic N) is 1. The molecule has 104 valence electrons. The van der Waals surface area contributed by atoms with Gasteiger partial charge >= 0.3 is 0 Å². The van der Waals surface area contributed by atoms with Crippen LogP contribution in [0, 0.1) is 0 Å². The zero-order valence-corrected chi connectivity index (χ0v) is 11.7. The summed E-state index contributed by atoms with van der Waals surface area (Å²) in [5.41, 5.74) is 9.38. The average Bonchev–Trinajstić information content (AvgIpc) is 2.59. The van der Waals surface area contributed by atoms with Gasteiger partial charge in [-0.2, -0.15) is 0 Å². The normalized spacial score (nSPS) is 32.6. The number of hydrogen-bond acceptors (Lipinski definition) is 3. The molecule has 3 heteroatoms. The molecule has 0 aromatic heterocycles. The molecule has 0 radical (unpaired) electrons. The Morgan fingerprint density at radius 2 is 2.16 bits per heavy atom. The van der Waals surface area contributed by atoms with Crippen molar-refractivity contribution in [3.8, 4) is 0 Å². The Hall–Kier alpha value is -0.900. The molecule has 1 heterocycles. The van der Waals surface area contributed by atoms with Crippen LogP contribution in [0.1, 0.15) is 36.9 Å². The molecule has 0 amide bonds. The lowest BCUT2D eigenvalue weighted by Crippen LogP contribution is -2.50. The molecule has 3 atom stereocenters. The molecule has 0 bridgehead atoms. The summed E-state index contributed by atoms with van der Waals surface area (Å²) in [6, 6.07) is 9.30. The first-order chi connectivity index (χ1) is 9.25. The van der Waals surface area contributed by atoms with E-state index in [1.807, 2.05) is 0 Å². The van der Waals surface area contributed by atoms with Crippen molar-refractivity contribution in [3.05, 3.63) is 35.4 Å². The molecule has 2 N–H and O–H groups in total. The van der Waals surface area contributed by atoms with Crippen LogP contribution in [0.15, 0.2) is 24.3 Å². The van der Waals surface area contributed by atoms with Gasteiger partial charge in [0.2, 0.25) is 0 Å². The SMILES string of the molecule is CC1CN(C2CCCc3ccccc3C2N)CCO1. The Kier molecular flexibility index (Phi) is 3.87. The van der Waals surface area contributed by atoms with Gasteiger partial charge in [0, 0.05) is 25.2 Å². The molecular weight excluding hydrogens is 236 g/mol. The minimum absolute atomic E-state index is 0.143. The van der Waals surface area contributed by atoms with Crippen LogP contribution >= 0.6 is 0 Å². The number of nitrogens with two attached hydrogens (primary N) is 1. The molecule has 3 nitrogen and oxygen atoms in total. The van der Waals surface area contributed by atoms with Gasteiger partial charge in [-0.15, -0.1) is 0 Å². The van der Waals surface area contributed by atoms with Gasteiger partial charge in [-0.3, -0.25) is 4.90 Å². The molecule has 1 fully saturated rings. The summed E-state index contributed by atoms with van der Waals surface area (Å²) >= 11 is 0. The first-order valence-corrected chi connectivity index (χ1v) is 7.45. The van der Waals surface area contributed by atoms with Gasteiger partial charge in [-0.05, 0) is 37.3 Å². The number of rotatable bonds is 1. The number of aryl methyl sites for hydroxylation is 1. The predicted molar refractivity (Wildman–Crippen MR) is 77.1 cm³/mol. The van der Waals surface area contributed by atoms with Crippen LogP contribution in [0.3, 0.4) is 0 Å². The second kappa shape index (κ2) is 5.61. The van der Waals surface area contributed by atoms with E-state index in [9.17, 15) is 0 Å². The van der Waals surface area contributed by atoms with Gasteiger partial charge in [0.15, 0.2) is 0 Å². The van der Waals surface area contributed by atoms with Crippen LogP contribution in [0.4, 0.5) is 0 Å². The Balaban J connectivity index is 1.83. The van der Waals surface area contributed by atoms with Crippen LogP contribution in [0.2, 0.25) is 0 Å². The number of fused-ring (bicyclic) bond motifs is 1. The first-order valence-electron chi connectivity index (χ1n) is 7.45. The van der Waals surface area contributed by atoms with Crippen LogP contribution in [-0.4, -0.2) is 36.7 Å². The highest BCUT2D eigenvalue weighted by molar-refractivity contribution is 5.32. The summed E-state index contributed by atoms with van der Waals surface area (Å²) in [6.45, 7) is 5.03. The molecule has 0 spiro atoms. The van der Waals surface area contributed by atoms with E-state index in [2.05, 4.69) is 36.1 Å². The van der Waals surface area contributed by atoms with Gasteiger partial charge in [0.05, 0.1) is 12.7 Å². The standard InChI is InChI=1S/C16H24N2O/c1-12-11-18(9-10-19-12)15-8-4-6-13-5-2-3-7-14(13)16(15)17/h2-3,5,7,12,15-16H,4,6,8-11,17H2,1H3. The smallest absolute Gasteiger partial charge is 0.0674 e. The fourth-order valence-corrected chi connectivity index (χ4v) is 3.53. The number of hydrogen-bond donors (Lipinski definition) is 1. The van der Waals surface area contributed by atoms with Crippen molar-refractivity contribution in [3.63, 3.8) is 0 Å². The summed E-state index contributed by atoms with van der Waals surface area (Å²) in [5, 5.41) is 0. The molecule has 1 aliphatic heterocycles. The lowest BCUT2D eigenvalue weighted by Gasteiger charge is -2.39. The number of benzene rings is 1. The first kappa shape index (κ1) is 13.1. The molecule has 3 unspecified atom stereocenters. The largest absolute Gasteiger partial charge is 0.376 e. The third-order valence-electron chi connectivity index (χ3n) is 4.52. The molecule has 1 saturated heterocycles. The van der Waals surface area contributed by atoms with Crippen molar-refractivity contribution in [1.82, 2.24) is 4.90 Å². The van der Waals surface area contributed by atoms with Crippen molar-refractivity contribution in [1.29, 1.82) is 0 Å². The van der Waals surface area contributed by atoms with Gasteiger partial charge in [-0.1, -0.05) is 24.3 Å². The highest BCUT2D eigenvalue weighted by atomic mass is 16.5. The maximum absolute atomic E-state index is 6.58. The lowest BCUT2D eigenvalue weighted by atomic mass is 9.95. The highest BCUT2D eigenvalue weighted by Gasteiger charge is 2.31. The zero-order chi connectivity index (χ0) is 13.2. The van der Waals surface area contributed by atoms with Gasteiger partial charge in [0.25, 0.3) is 0 Å². The molecule has 19 heavy (non-hydrogen) atoms. The van der Waals surface area contributed by atoms with E-state index in [0.29, 0.717) is 12.1 Å². The van der Waals surface area contributed by atoms with Crippen LogP contribution in [-0.2, 0) is 11.2 Å². The van der Waals surface area contributed by atoms with Gasteiger partial charge < -0.3 is 10.5 Å². The fourth-order valence-electron chi connectivity index (χ4n) is 3.53. The molecule has 1 aliphatic carbocycles. The maximum atomic E-state index is 6.58. The van der Waals surface area contributed by atoms with E-state index in [1.54, 1.807) is 0 Å². The Morgan fingerprint density at radius 3 is 3.00 bits per heavy atom. The van der Waals surface area contributed by atoms with Crippen LogP contribution < -0.4 is 5.73 Å². The third kappa shape index (κ3) is 2.69. The van der Waals surface area contributed by atoms with Crippen molar-refractivity contribution < 1.29 is 4.74 Å². The Labute approximate surface area is 115 Å². The summed E-state index contributed by atoms with van der Waals surface area (Å²) in [7, 11) is 0. The van der Waals surface area contributed by atoms with Gasteiger partial charge in [-0.25, -0.2) is 0 Å². The zero-order valence-electron chi connectivity index (χ0n) is 11.7. The maximum Gasteiger partial charge on any atom is 0.0674 e. The molecule has 2 aliphatic rings. The van der Waals surface area contributed by atoms with Crippen LogP contribution in [0.25, 0.3) is 0 Å². The van der Waals surface area contributed by atoms with Crippen molar-refractivity contribution in [2.24, 2.45) is 5.73 Å². The number of morpholine rings is 1. The minimum atomic E-state index is 0.143.